The standard InChI is InChI=1S/C78H133N25O26/c1-20-38(8)51(33-110)93-59(72(122)89-44(14)65(115)90-48(18)78(128)129-19)99-67(117)46(16)85-64(114)43(13)88-71(121)56(82-25-28-106)97-76(126)61(94-52(34-111)39(9)21-2)103-77(127)62(95-53(35-112)40(10)22-3)102-73(123)57(83-41(11)30-107)101-74(124)58(91-49(31-108)29-36(4)5)98-66(116)45(15)84-63(113)42(12)87-70(120)55(81-24-27-105)96-75(125)60(92-50(32-109)37(6)7)100-68(118)47(17)86-69(119)54(79)80-23-26-104/h26-28,30-62,80-83,91-95H,20-25,29,79H2,1-19H3,(H,84,113)(H,85,114)(H,86,119)(H,87,120)(H,88,121)(H,89,122)(H,90,115)(H,96,125)(H,97,126)(H,98,116)(H,99,117)(H,100,118)(H,101,124)(H,102,123)(H,103,127)/t38-,39-,40-,41+,42+,43+,44+,45+,46+,47+,48+,49-,50+,51+,52+,53+,54+,55-,56-,57-,58-,59-,60-,61-,62-/m1/s1. The molecule has 0 radical (unpaired) electrons. The van der Waals surface area contributed by atoms with Gasteiger partial charge in [0.1, 0.15) is 105 Å². The summed E-state index contributed by atoms with van der Waals surface area (Å²) in [6.45, 7) is 24.3. The smallest absolute Gasteiger partial charge is 0.328 e. The highest BCUT2D eigenvalue weighted by Crippen LogP contribution is 2.12. The fraction of sp³-hybridized carbons (Fsp3) is 0.679. The number of ether oxygens (including phenoxy) is 1. The second kappa shape index (κ2) is 61.6. The summed E-state index contributed by atoms with van der Waals surface area (Å²) >= 11 is 0. The molecule has 15 amide bonds. The summed E-state index contributed by atoms with van der Waals surface area (Å²) in [4.78, 5) is 331. The molecule has 0 heterocycles. The molecule has 0 rings (SSSR count). The molecule has 0 fully saturated rings. The first-order valence-electron chi connectivity index (χ1n) is 41.8. The Kier molecular flexibility index (Phi) is 55.9. The van der Waals surface area contributed by atoms with Crippen LogP contribution in [-0.4, -0.2) is 312 Å². The molecule has 129 heavy (non-hydrogen) atoms. The Bertz CT molecular complexity index is 3810. The van der Waals surface area contributed by atoms with Crippen molar-refractivity contribution in [1.82, 2.24) is 128 Å². The molecule has 0 aromatic rings. The molecule has 51 nitrogen and oxygen atoms in total. The van der Waals surface area contributed by atoms with Crippen LogP contribution in [0, 0.1) is 29.6 Å². The molecule has 51 heteroatoms. The maximum Gasteiger partial charge on any atom is 0.328 e. The van der Waals surface area contributed by atoms with Gasteiger partial charge in [-0.2, -0.15) is 0 Å². The number of nitrogens with one attached hydrogen (secondary N) is 24. The van der Waals surface area contributed by atoms with Crippen molar-refractivity contribution in [3.63, 3.8) is 0 Å². The molecular formula is C78H133N25O26. The molecule has 0 aliphatic carbocycles. The van der Waals surface area contributed by atoms with E-state index < -0.39 is 265 Å². The van der Waals surface area contributed by atoms with Gasteiger partial charge in [-0.25, -0.2) is 4.79 Å². The van der Waals surface area contributed by atoms with Crippen molar-refractivity contribution in [2.24, 2.45) is 35.3 Å². The van der Waals surface area contributed by atoms with Crippen LogP contribution in [0.3, 0.4) is 0 Å². The monoisotopic (exact) mass is 1840 g/mol. The van der Waals surface area contributed by atoms with Crippen LogP contribution in [0.5, 0.6) is 0 Å². The minimum atomic E-state index is -2.19. The van der Waals surface area contributed by atoms with Gasteiger partial charge in [0.05, 0.1) is 63.0 Å². The van der Waals surface area contributed by atoms with E-state index in [9.17, 15) is 120 Å². The molecule has 0 unspecified atom stereocenters. The van der Waals surface area contributed by atoms with E-state index in [1.165, 1.54) is 34.6 Å². The topological polar surface area (TPSA) is 751 Å². The van der Waals surface area contributed by atoms with Crippen molar-refractivity contribution < 1.29 is 125 Å². The lowest BCUT2D eigenvalue weighted by molar-refractivity contribution is -0.145. The lowest BCUT2D eigenvalue weighted by Crippen LogP contribution is -2.70. The van der Waals surface area contributed by atoms with Crippen molar-refractivity contribution in [3.8, 4) is 0 Å². The van der Waals surface area contributed by atoms with Crippen molar-refractivity contribution in [3.05, 3.63) is 0 Å². The zero-order valence-corrected chi connectivity index (χ0v) is 75.9. The van der Waals surface area contributed by atoms with Gasteiger partial charge in [0.2, 0.25) is 35.4 Å². The SMILES string of the molecule is CC[C@@H](C)[C@H](C=O)N[C@H](NC(=O)[C@@H](NC(=O)[C@@H](NC(=O)[C@@H](NC(=O)[C@H](C)NC(=O)[C@H](C)NC(=O)[C@H](NCC=O)NC(=O)[C@@H](NC(=O)[C@H](C)NC(=O)[C@@H](N)NCC=O)N[C@@H](C=O)C(C)C)N[C@@H](C=O)CC(C)C)N[C@@H](C)C=O)N[C@@H](C=O)[C@H](C)CC)C(=O)N[C@@H](NCC=O)C(=O)N[C@@H](C)C(=O)N[C@@H](C)C(=O)N[C@@H](N[C@@H](C=O)[C@H](C)CC)C(=O)N[C@@H](C)C(=O)N[C@@H](C)C(=O)OC. The predicted octanol–water partition coefficient (Wildman–Crippen LogP) is -12.3. The van der Waals surface area contributed by atoms with Gasteiger partial charge in [-0.1, -0.05) is 88.5 Å². The number of methoxy groups -OCH3 is 1. The second-order valence-electron chi connectivity index (χ2n) is 31.2. The first kappa shape index (κ1) is 117. The summed E-state index contributed by atoms with van der Waals surface area (Å²) in [7, 11) is 1.09. The van der Waals surface area contributed by atoms with E-state index in [2.05, 4.69) is 132 Å². The van der Waals surface area contributed by atoms with Crippen molar-refractivity contribution in [2.75, 3.05) is 26.7 Å². The Morgan fingerprint density at radius 2 is 0.512 bits per heavy atom. The van der Waals surface area contributed by atoms with Gasteiger partial charge in [0, 0.05) is 0 Å². The third-order valence-corrected chi connectivity index (χ3v) is 19.7. The van der Waals surface area contributed by atoms with E-state index in [0.29, 0.717) is 44.1 Å². The number of aldehydes is 9. The number of carbonyl (C=O) groups is 25. The van der Waals surface area contributed by atoms with E-state index in [1.54, 1.807) is 69.2 Å². The highest BCUT2D eigenvalue weighted by Gasteiger charge is 2.40. The first-order valence-corrected chi connectivity index (χ1v) is 41.8. The van der Waals surface area contributed by atoms with Crippen LogP contribution < -0.4 is 133 Å². The number of amides is 15. The number of hydrogen-bond donors (Lipinski definition) is 25. The fourth-order valence-corrected chi connectivity index (χ4v) is 11.0. The van der Waals surface area contributed by atoms with Crippen molar-refractivity contribution in [2.45, 2.75) is 284 Å². The zero-order valence-electron chi connectivity index (χ0n) is 75.9. The first-order chi connectivity index (χ1) is 60.6. The number of carbonyl (C=O) groups excluding carboxylic acids is 25. The van der Waals surface area contributed by atoms with Gasteiger partial charge in [-0.3, -0.25) is 120 Å². The van der Waals surface area contributed by atoms with Crippen LogP contribution in [0.4, 0.5) is 0 Å². The lowest BCUT2D eigenvalue weighted by Gasteiger charge is -2.32. The minimum absolute atomic E-state index is 0.00729. The summed E-state index contributed by atoms with van der Waals surface area (Å²) < 4.78 is 4.62. The van der Waals surface area contributed by atoms with Gasteiger partial charge in [0.25, 0.3) is 53.2 Å². The van der Waals surface area contributed by atoms with Crippen LogP contribution >= 0.6 is 0 Å². The Balaban J connectivity index is 7.53. The molecule has 0 aliphatic heterocycles. The van der Waals surface area contributed by atoms with E-state index in [4.69, 9.17) is 5.73 Å². The molecule has 0 aromatic carbocycles. The highest BCUT2D eigenvalue weighted by molar-refractivity contribution is 6.01. The van der Waals surface area contributed by atoms with Crippen LogP contribution in [0.25, 0.3) is 0 Å². The normalized spacial score (nSPS) is 17.0. The van der Waals surface area contributed by atoms with Gasteiger partial charge < -0.3 is 133 Å². The molecule has 26 N–H and O–H groups in total. The summed E-state index contributed by atoms with van der Waals surface area (Å²) in [6, 6.07) is -17.9. The summed E-state index contributed by atoms with van der Waals surface area (Å²) in [5.41, 5.74) is 5.70. The van der Waals surface area contributed by atoms with Gasteiger partial charge in [-0.05, 0) is 91.4 Å². The molecule has 25 atom stereocenters. The van der Waals surface area contributed by atoms with Gasteiger partial charge in [0.15, 0.2) is 49.3 Å². The van der Waals surface area contributed by atoms with Crippen molar-refractivity contribution >= 4 is 151 Å². The Labute approximate surface area is 747 Å². The average Bonchev–Trinajstić information content (AvgIpc) is 0.853. The predicted molar refractivity (Wildman–Crippen MR) is 457 cm³/mol. The largest absolute Gasteiger partial charge is 0.467 e. The van der Waals surface area contributed by atoms with Crippen LogP contribution in [0.15, 0.2) is 0 Å². The second-order valence-corrected chi connectivity index (χ2v) is 31.2. The number of hydrogen-bond acceptors (Lipinski definition) is 36. The average molecular weight is 1840 g/mol. The molecule has 726 valence electrons. The molecule has 0 bridgehead atoms. The Hall–Kier alpha value is -11.8. The van der Waals surface area contributed by atoms with Crippen LogP contribution in [0.1, 0.15) is 150 Å². The maximum absolute atomic E-state index is 15.0. The number of rotatable bonds is 67. The zero-order chi connectivity index (χ0) is 98.8. The highest BCUT2D eigenvalue weighted by atomic mass is 16.5. The molecular weight excluding hydrogens is 1700 g/mol. The van der Waals surface area contributed by atoms with Crippen LogP contribution in [0.2, 0.25) is 0 Å². The maximum atomic E-state index is 15.0. The van der Waals surface area contributed by atoms with E-state index in [-0.39, 0.29) is 50.6 Å². The lowest BCUT2D eigenvalue weighted by atomic mass is 10.00. The summed E-state index contributed by atoms with van der Waals surface area (Å²) in [6.07, 6.45) is -13.4. The number of esters is 1. The van der Waals surface area contributed by atoms with Crippen LogP contribution in [-0.2, 0) is 125 Å². The Morgan fingerprint density at radius 1 is 0.271 bits per heavy atom. The third-order valence-electron chi connectivity index (χ3n) is 19.7. The molecule has 0 aromatic heterocycles. The molecule has 0 aliphatic rings. The molecule has 0 saturated heterocycles. The van der Waals surface area contributed by atoms with Gasteiger partial charge >= 0.3 is 5.97 Å². The summed E-state index contributed by atoms with van der Waals surface area (Å²) in [5, 5.41) is 57.7. The van der Waals surface area contributed by atoms with E-state index in [1.807, 2.05) is 0 Å². The minimum Gasteiger partial charge on any atom is -0.467 e. The van der Waals surface area contributed by atoms with E-state index >= 15 is 0 Å². The number of nitrogens with two attached hydrogens (primary N) is 1. The quantitative estimate of drug-likeness (QED) is 0.0153. The third kappa shape index (κ3) is 42.8. The summed E-state index contributed by atoms with van der Waals surface area (Å²) in [5.74, 6) is -20.9. The van der Waals surface area contributed by atoms with Crippen molar-refractivity contribution in [1.29, 1.82) is 0 Å². The molecule has 0 saturated carbocycles. The Morgan fingerprint density at radius 3 is 0.783 bits per heavy atom. The molecule has 0 spiro atoms. The van der Waals surface area contributed by atoms with E-state index in [0.717, 1.165) is 27.9 Å². The fourth-order valence-electron chi connectivity index (χ4n) is 11.0. The van der Waals surface area contributed by atoms with Gasteiger partial charge in [-0.15, -0.1) is 0 Å².